The molecule has 358 valence electrons. The van der Waals surface area contributed by atoms with Crippen molar-refractivity contribution in [2.75, 3.05) is 48.7 Å². The number of aryl methyl sites for hydroxylation is 1. The number of rotatable bonds is 23. The first-order chi connectivity index (χ1) is 30.5. The molecule has 5 rings (SSSR count). The third-order valence-corrected chi connectivity index (χ3v) is 18.9. The average Bonchev–Trinajstić information content (AvgIpc) is 3.94. The van der Waals surface area contributed by atoms with Gasteiger partial charge in [0, 0.05) is 65.9 Å². The van der Waals surface area contributed by atoms with Crippen molar-refractivity contribution in [3.05, 3.63) is 52.3 Å². The number of amides is 2. The second-order valence-electron chi connectivity index (χ2n) is 17.4. The summed E-state index contributed by atoms with van der Waals surface area (Å²) in [7, 11) is -8.14. The third kappa shape index (κ3) is 11.1. The highest BCUT2D eigenvalue weighted by Crippen LogP contribution is 2.43. The lowest BCUT2D eigenvalue weighted by Crippen LogP contribution is -2.56. The van der Waals surface area contributed by atoms with Crippen molar-refractivity contribution in [3.8, 4) is 0 Å². The molecule has 0 radical (unpaired) electrons. The molecule has 1 aromatic carbocycles. The monoisotopic (exact) mass is 957 g/mol. The standard InChI is InChI=1S/C46H67N7O9S3/c1-12-45(10,52-65(60,61)40-26-34-37(47-14-3)23-27(6)64(58,59)44(34)63-40)42(56)30(9)62-46(11,13-2)38(54)19-20-39(55)50-31-17-18-35-32(24-31)33(43(57)51-35)25-36-28(7)41(29(8)49-36)48-21-22-53(15-4)16-5/h17-18,24-27,30,37,47-49,52H,12-16,19-23H2,1-11H3,(H,50,55)(H,51,57)/b33-25-/t27-,30+,37-,45?,46?/m0/s1. The van der Waals surface area contributed by atoms with E-state index in [2.05, 4.69) is 49.7 Å². The number of nitrogens with zero attached hydrogens (tertiary/aromatic N) is 1. The van der Waals surface area contributed by atoms with Crippen LogP contribution >= 0.6 is 11.3 Å². The summed E-state index contributed by atoms with van der Waals surface area (Å²) in [6.45, 7) is 23.7. The Morgan fingerprint density at radius 1 is 1.05 bits per heavy atom. The van der Waals surface area contributed by atoms with Gasteiger partial charge >= 0.3 is 0 Å². The Morgan fingerprint density at radius 2 is 1.74 bits per heavy atom. The summed E-state index contributed by atoms with van der Waals surface area (Å²) in [6.07, 6.45) is 0.653. The lowest BCUT2D eigenvalue weighted by atomic mass is 9.89. The fourth-order valence-corrected chi connectivity index (χ4v) is 13.8. The van der Waals surface area contributed by atoms with E-state index in [9.17, 15) is 36.0 Å². The lowest BCUT2D eigenvalue weighted by molar-refractivity contribution is -0.159. The number of carbonyl (C=O) groups excluding carboxylic acids is 4. The zero-order valence-electron chi connectivity index (χ0n) is 39.5. The number of anilines is 3. The number of thiophene rings is 1. The van der Waals surface area contributed by atoms with Gasteiger partial charge in [-0.2, -0.15) is 4.72 Å². The summed E-state index contributed by atoms with van der Waals surface area (Å²) < 4.78 is 62.6. The Labute approximate surface area is 388 Å². The number of fused-ring (bicyclic) bond motifs is 2. The lowest BCUT2D eigenvalue weighted by Gasteiger charge is -2.35. The molecule has 2 amide bonds. The molecule has 0 saturated heterocycles. The number of likely N-dealkylation sites (N-methyl/N-ethyl adjacent to an activating group) is 1. The molecule has 3 aromatic rings. The van der Waals surface area contributed by atoms with Crippen molar-refractivity contribution in [1.29, 1.82) is 0 Å². The number of hydrogen-bond acceptors (Lipinski definition) is 13. The van der Waals surface area contributed by atoms with Crippen LogP contribution in [0.3, 0.4) is 0 Å². The number of nitrogens with one attached hydrogen (secondary N) is 6. The van der Waals surface area contributed by atoms with Crippen LogP contribution < -0.4 is 26.0 Å². The highest BCUT2D eigenvalue weighted by Gasteiger charge is 2.45. The van der Waals surface area contributed by atoms with Gasteiger partial charge in [0.2, 0.25) is 5.91 Å². The second kappa shape index (κ2) is 20.7. The van der Waals surface area contributed by atoms with E-state index < -0.39 is 59.8 Å². The topological polar surface area (TPSA) is 225 Å². The Hall–Kier alpha value is -4.24. The van der Waals surface area contributed by atoms with Crippen molar-refractivity contribution in [2.24, 2.45) is 0 Å². The van der Waals surface area contributed by atoms with Gasteiger partial charge in [-0.3, -0.25) is 19.2 Å². The largest absolute Gasteiger partial charge is 0.382 e. The average molecular weight is 958 g/mol. The van der Waals surface area contributed by atoms with Gasteiger partial charge in [-0.1, -0.05) is 34.6 Å². The van der Waals surface area contributed by atoms with Crippen LogP contribution in [0.2, 0.25) is 0 Å². The van der Waals surface area contributed by atoms with Crippen molar-refractivity contribution in [3.63, 3.8) is 0 Å². The van der Waals surface area contributed by atoms with Gasteiger partial charge in [-0.25, -0.2) is 16.8 Å². The first-order valence-electron chi connectivity index (χ1n) is 22.5. The molecule has 0 aliphatic carbocycles. The van der Waals surface area contributed by atoms with Crippen molar-refractivity contribution in [2.45, 2.75) is 145 Å². The molecule has 65 heavy (non-hydrogen) atoms. The van der Waals surface area contributed by atoms with Gasteiger partial charge in [-0.15, -0.1) is 11.3 Å². The van der Waals surface area contributed by atoms with Crippen LogP contribution in [-0.4, -0.2) is 105 Å². The molecular formula is C46H67N7O9S3. The first-order valence-corrected chi connectivity index (χ1v) is 26.4. The number of sulfonamides is 1. The molecule has 0 spiro atoms. The molecule has 4 heterocycles. The maximum Gasteiger partial charge on any atom is 0.256 e. The van der Waals surface area contributed by atoms with Gasteiger partial charge in [0.15, 0.2) is 21.4 Å². The Kier molecular flexibility index (Phi) is 16.5. The predicted molar refractivity (Wildman–Crippen MR) is 258 cm³/mol. The smallest absolute Gasteiger partial charge is 0.256 e. The number of ether oxygens (including phenoxy) is 1. The Balaban J connectivity index is 1.22. The maximum absolute atomic E-state index is 14.0. The summed E-state index contributed by atoms with van der Waals surface area (Å²) in [5.74, 6) is -1.76. The minimum absolute atomic E-state index is 0.000637. The SMILES string of the molecule is CCN[C@H]1C[C@H](C)S(=O)(=O)c2sc(S(=O)(=O)NC(C)(CC)C(=O)[C@@H](C)OC(C)(CC)C(=O)CCC(=O)Nc3ccc4c(c3)/C(=C/c3[nH]c(C)c(NCCN(CC)CC)c3C)C(=O)N4)cc21. The predicted octanol–water partition coefficient (Wildman–Crippen LogP) is 6.73. The van der Waals surface area contributed by atoms with E-state index >= 15 is 0 Å². The summed E-state index contributed by atoms with van der Waals surface area (Å²) in [4.78, 5) is 59.9. The van der Waals surface area contributed by atoms with E-state index in [1.807, 2.05) is 26.8 Å². The maximum atomic E-state index is 14.0. The van der Waals surface area contributed by atoms with Crippen molar-refractivity contribution < 1.29 is 40.8 Å². The summed E-state index contributed by atoms with van der Waals surface area (Å²) in [5.41, 5.74) is 3.05. The fourth-order valence-electron chi connectivity index (χ4n) is 8.38. The number of aromatic nitrogens is 1. The van der Waals surface area contributed by atoms with E-state index in [1.54, 1.807) is 45.9 Å². The van der Waals surface area contributed by atoms with E-state index in [-0.39, 0.29) is 46.1 Å². The molecule has 0 saturated carbocycles. The first kappa shape index (κ1) is 51.7. The van der Waals surface area contributed by atoms with Crippen LogP contribution in [0.4, 0.5) is 17.1 Å². The van der Waals surface area contributed by atoms with Crippen LogP contribution in [0.5, 0.6) is 0 Å². The molecule has 0 bridgehead atoms. The number of H-pyrrole nitrogens is 1. The molecule has 5 atom stereocenters. The number of sulfone groups is 1. The van der Waals surface area contributed by atoms with Crippen LogP contribution in [0.15, 0.2) is 32.7 Å². The third-order valence-electron chi connectivity index (χ3n) is 12.9. The number of hydrogen-bond donors (Lipinski definition) is 6. The van der Waals surface area contributed by atoms with Gasteiger partial charge < -0.3 is 35.9 Å². The van der Waals surface area contributed by atoms with Gasteiger partial charge in [0.05, 0.1) is 22.0 Å². The van der Waals surface area contributed by atoms with E-state index in [4.69, 9.17) is 4.74 Å². The molecule has 16 nitrogen and oxygen atoms in total. The fraction of sp³-hybridized carbons (Fsp3) is 0.565. The van der Waals surface area contributed by atoms with E-state index in [0.29, 0.717) is 52.4 Å². The molecule has 2 unspecified atom stereocenters. The molecule has 19 heteroatoms. The molecule has 2 aliphatic rings. The number of Topliss-reactive ketones (excluding diaryl/α,β-unsaturated/α-hetero) is 2. The zero-order valence-corrected chi connectivity index (χ0v) is 42.0. The molecule has 6 N–H and O–H groups in total. The molecule has 2 aliphatic heterocycles. The van der Waals surface area contributed by atoms with Crippen molar-refractivity contribution >= 4 is 83.3 Å². The van der Waals surface area contributed by atoms with Crippen molar-refractivity contribution in [1.82, 2.24) is 19.9 Å². The summed E-state index contributed by atoms with van der Waals surface area (Å²) in [6, 6.07) is 6.13. The Bertz CT molecular complexity index is 2550. The quantitative estimate of drug-likeness (QED) is 0.0544. The van der Waals surface area contributed by atoms with Gasteiger partial charge in [0.25, 0.3) is 15.9 Å². The number of carbonyl (C=O) groups is 4. The second-order valence-corrected chi connectivity index (χ2v) is 22.9. The molecular weight excluding hydrogens is 891 g/mol. The molecule has 2 aromatic heterocycles. The minimum Gasteiger partial charge on any atom is -0.382 e. The van der Waals surface area contributed by atoms with Crippen LogP contribution in [0.1, 0.15) is 129 Å². The summed E-state index contributed by atoms with van der Waals surface area (Å²) >= 11 is 0.669. The van der Waals surface area contributed by atoms with E-state index in [0.717, 1.165) is 48.8 Å². The summed E-state index contributed by atoms with van der Waals surface area (Å²) in [5, 5.41) is 11.8. The number of aromatic amines is 1. The van der Waals surface area contributed by atoms with Gasteiger partial charge in [-0.05, 0) is 116 Å². The minimum atomic E-state index is -4.39. The number of ketones is 2. The zero-order chi connectivity index (χ0) is 48.2. The van der Waals surface area contributed by atoms with Crippen LogP contribution in [0.25, 0.3) is 11.6 Å². The Morgan fingerprint density at radius 3 is 2.37 bits per heavy atom. The highest BCUT2D eigenvalue weighted by molar-refractivity contribution is 7.95. The van der Waals surface area contributed by atoms with E-state index in [1.165, 1.54) is 19.9 Å². The van der Waals surface area contributed by atoms with Gasteiger partial charge in [0.1, 0.15) is 20.1 Å². The molecule has 0 fully saturated rings. The highest BCUT2D eigenvalue weighted by atomic mass is 32.3. The normalized spacial score (nSPS) is 19.8. The van der Waals surface area contributed by atoms with Crippen LogP contribution in [0, 0.1) is 13.8 Å². The van der Waals surface area contributed by atoms with Crippen LogP contribution in [-0.2, 0) is 43.8 Å². The number of benzene rings is 1.